The second-order valence-corrected chi connectivity index (χ2v) is 6.40. The van der Waals surface area contributed by atoms with E-state index in [0.29, 0.717) is 5.75 Å². The number of carbonyl (C=O) groups is 2. The maximum Gasteiger partial charge on any atom is 0.276 e. The first-order chi connectivity index (χ1) is 12.3. The van der Waals surface area contributed by atoms with Crippen LogP contribution >= 0.6 is 23.2 Å². The van der Waals surface area contributed by atoms with Crippen LogP contribution < -0.4 is 20.3 Å². The summed E-state index contributed by atoms with van der Waals surface area (Å²) >= 11 is 12.0. The van der Waals surface area contributed by atoms with Crippen molar-refractivity contribution in [2.24, 2.45) is 0 Å². The number of hydrogen-bond donors (Lipinski definition) is 2. The molecule has 138 valence electrons. The first kappa shape index (κ1) is 19.9. The lowest BCUT2D eigenvalue weighted by atomic mass is 10.1. The van der Waals surface area contributed by atoms with Gasteiger partial charge >= 0.3 is 0 Å². The lowest BCUT2D eigenvalue weighted by molar-refractivity contribution is -0.123. The van der Waals surface area contributed by atoms with Crippen LogP contribution in [0, 0.1) is 13.8 Å². The van der Waals surface area contributed by atoms with Crippen LogP contribution in [0.3, 0.4) is 0 Å². The third kappa shape index (κ3) is 5.28. The summed E-state index contributed by atoms with van der Waals surface area (Å²) in [6.07, 6.45) is 0. The Morgan fingerprint density at radius 2 is 1.54 bits per heavy atom. The van der Waals surface area contributed by atoms with E-state index < -0.39 is 11.8 Å². The molecular formula is C18H18Cl2N2O4. The van der Waals surface area contributed by atoms with Crippen molar-refractivity contribution >= 4 is 35.0 Å². The summed E-state index contributed by atoms with van der Waals surface area (Å²) in [4.78, 5) is 23.9. The monoisotopic (exact) mass is 396 g/mol. The third-order valence-corrected chi connectivity index (χ3v) is 3.91. The first-order valence-electron chi connectivity index (χ1n) is 7.63. The normalized spacial score (nSPS) is 10.2. The number of ether oxygens (including phenoxy) is 2. The van der Waals surface area contributed by atoms with Crippen LogP contribution in [0.2, 0.25) is 10.0 Å². The smallest absolute Gasteiger partial charge is 0.276 e. The van der Waals surface area contributed by atoms with E-state index in [4.69, 9.17) is 32.7 Å². The Bertz CT molecular complexity index is 797. The molecule has 0 aromatic heterocycles. The number of amides is 2. The zero-order valence-electron chi connectivity index (χ0n) is 14.5. The number of benzene rings is 2. The Kier molecular flexibility index (Phi) is 6.71. The number of hydrazine groups is 1. The van der Waals surface area contributed by atoms with E-state index in [1.807, 2.05) is 32.0 Å². The van der Waals surface area contributed by atoms with Gasteiger partial charge in [-0.3, -0.25) is 20.4 Å². The van der Waals surface area contributed by atoms with Crippen LogP contribution in [0.15, 0.2) is 30.3 Å². The average Bonchev–Trinajstić information content (AvgIpc) is 2.56. The van der Waals surface area contributed by atoms with Gasteiger partial charge in [-0.15, -0.1) is 0 Å². The van der Waals surface area contributed by atoms with Gasteiger partial charge < -0.3 is 9.47 Å². The summed E-state index contributed by atoms with van der Waals surface area (Å²) < 4.78 is 10.4. The van der Waals surface area contributed by atoms with Gasteiger partial charge in [0.1, 0.15) is 5.75 Å². The number of hydrogen-bond acceptors (Lipinski definition) is 4. The van der Waals surface area contributed by atoms with Gasteiger partial charge in [-0.1, -0.05) is 29.3 Å². The van der Waals surface area contributed by atoms with Crippen LogP contribution in [0.25, 0.3) is 0 Å². The molecule has 0 spiro atoms. The van der Waals surface area contributed by atoms with Crippen molar-refractivity contribution in [1.29, 1.82) is 0 Å². The van der Waals surface area contributed by atoms with Gasteiger partial charge in [-0.05, 0) is 49.2 Å². The van der Waals surface area contributed by atoms with Crippen molar-refractivity contribution < 1.29 is 19.1 Å². The number of nitrogens with one attached hydrogen (secondary N) is 2. The van der Waals surface area contributed by atoms with Crippen LogP contribution in [-0.4, -0.2) is 25.5 Å². The highest BCUT2D eigenvalue weighted by molar-refractivity contribution is 6.37. The second kappa shape index (κ2) is 8.78. The van der Waals surface area contributed by atoms with Crippen molar-refractivity contribution in [2.75, 3.05) is 13.7 Å². The fourth-order valence-electron chi connectivity index (χ4n) is 2.29. The Hall–Kier alpha value is -2.44. The van der Waals surface area contributed by atoms with Crippen molar-refractivity contribution in [3.63, 3.8) is 0 Å². The Balaban J connectivity index is 1.89. The zero-order valence-corrected chi connectivity index (χ0v) is 16.0. The number of aryl methyl sites for hydroxylation is 2. The van der Waals surface area contributed by atoms with Crippen LogP contribution in [-0.2, 0) is 4.79 Å². The fraction of sp³-hybridized carbons (Fsp3) is 0.222. The Morgan fingerprint density at radius 3 is 2.08 bits per heavy atom. The summed E-state index contributed by atoms with van der Waals surface area (Å²) in [6, 6.07) is 8.41. The average molecular weight is 397 g/mol. The molecule has 0 aliphatic heterocycles. The van der Waals surface area contributed by atoms with E-state index in [9.17, 15) is 9.59 Å². The lowest BCUT2D eigenvalue weighted by Crippen LogP contribution is -2.43. The molecule has 0 saturated carbocycles. The quantitative estimate of drug-likeness (QED) is 0.758. The fourth-order valence-corrected chi connectivity index (χ4v) is 2.93. The van der Waals surface area contributed by atoms with E-state index in [-0.39, 0.29) is 28.0 Å². The van der Waals surface area contributed by atoms with Gasteiger partial charge in [-0.25, -0.2) is 0 Å². The van der Waals surface area contributed by atoms with Gasteiger partial charge in [0, 0.05) is 5.56 Å². The number of rotatable bonds is 5. The second-order valence-electron chi connectivity index (χ2n) is 5.59. The maximum atomic E-state index is 12.1. The number of methoxy groups -OCH3 is 1. The van der Waals surface area contributed by atoms with Gasteiger partial charge in [0.25, 0.3) is 11.8 Å². The molecule has 2 aromatic carbocycles. The molecule has 0 unspecified atom stereocenters. The van der Waals surface area contributed by atoms with Gasteiger partial charge in [0.2, 0.25) is 0 Å². The third-order valence-electron chi connectivity index (χ3n) is 3.35. The Morgan fingerprint density at radius 1 is 0.962 bits per heavy atom. The van der Waals surface area contributed by atoms with Crippen LogP contribution in [0.4, 0.5) is 0 Å². The van der Waals surface area contributed by atoms with Gasteiger partial charge in [-0.2, -0.15) is 0 Å². The standard InChI is InChI=1S/C18H18Cl2N2O4/c1-10-4-11(2)6-13(5-10)26-9-16(23)21-22-18(24)12-7-14(19)17(25-3)15(20)8-12/h4-8H,9H2,1-3H3,(H,21,23)(H,22,24). The number of carbonyl (C=O) groups excluding carboxylic acids is 2. The lowest BCUT2D eigenvalue weighted by Gasteiger charge is -2.11. The zero-order chi connectivity index (χ0) is 19.3. The molecule has 0 heterocycles. The molecule has 2 amide bonds. The molecule has 0 aliphatic carbocycles. The van der Waals surface area contributed by atoms with Crippen molar-refractivity contribution in [2.45, 2.75) is 13.8 Å². The van der Waals surface area contributed by atoms with Crippen molar-refractivity contribution in [3.05, 3.63) is 57.1 Å². The van der Waals surface area contributed by atoms with Crippen molar-refractivity contribution in [1.82, 2.24) is 10.9 Å². The van der Waals surface area contributed by atoms with Crippen LogP contribution in [0.1, 0.15) is 21.5 Å². The number of halogens is 2. The summed E-state index contributed by atoms with van der Waals surface area (Å²) in [5.74, 6) is -0.229. The topological polar surface area (TPSA) is 76.7 Å². The highest BCUT2D eigenvalue weighted by Crippen LogP contribution is 2.33. The van der Waals surface area contributed by atoms with Gasteiger partial charge in [0.15, 0.2) is 12.4 Å². The molecule has 8 heteroatoms. The van der Waals surface area contributed by atoms with E-state index in [1.54, 1.807) is 0 Å². The first-order valence-corrected chi connectivity index (χ1v) is 8.39. The molecular weight excluding hydrogens is 379 g/mol. The molecule has 0 atom stereocenters. The van der Waals surface area contributed by atoms with Gasteiger partial charge in [0.05, 0.1) is 17.2 Å². The summed E-state index contributed by atoms with van der Waals surface area (Å²) in [7, 11) is 1.42. The SMILES string of the molecule is COc1c(Cl)cc(C(=O)NNC(=O)COc2cc(C)cc(C)c2)cc1Cl. The Labute approximate surface area is 161 Å². The summed E-state index contributed by atoms with van der Waals surface area (Å²) in [6.45, 7) is 3.63. The summed E-state index contributed by atoms with van der Waals surface area (Å²) in [5.41, 5.74) is 6.78. The molecule has 0 radical (unpaired) electrons. The molecule has 0 saturated heterocycles. The molecule has 2 N–H and O–H groups in total. The molecule has 0 fully saturated rings. The highest BCUT2D eigenvalue weighted by Gasteiger charge is 2.14. The largest absolute Gasteiger partial charge is 0.494 e. The van der Waals surface area contributed by atoms with E-state index in [1.165, 1.54) is 19.2 Å². The van der Waals surface area contributed by atoms with E-state index >= 15 is 0 Å². The molecule has 2 rings (SSSR count). The van der Waals surface area contributed by atoms with Crippen molar-refractivity contribution in [3.8, 4) is 11.5 Å². The molecule has 0 bridgehead atoms. The molecule has 26 heavy (non-hydrogen) atoms. The molecule has 2 aromatic rings. The minimum atomic E-state index is -0.573. The van der Waals surface area contributed by atoms with E-state index in [0.717, 1.165) is 11.1 Å². The predicted octanol–water partition coefficient (Wildman–Crippen LogP) is 3.46. The summed E-state index contributed by atoms with van der Waals surface area (Å²) in [5, 5.41) is 0.379. The highest BCUT2D eigenvalue weighted by atomic mass is 35.5. The van der Waals surface area contributed by atoms with Crippen LogP contribution in [0.5, 0.6) is 11.5 Å². The minimum absolute atomic E-state index is 0.177. The predicted molar refractivity (Wildman–Crippen MR) is 100 cm³/mol. The molecule has 0 aliphatic rings. The minimum Gasteiger partial charge on any atom is -0.494 e. The maximum absolute atomic E-state index is 12.1. The molecule has 6 nitrogen and oxygen atoms in total. The van der Waals surface area contributed by atoms with E-state index in [2.05, 4.69) is 10.9 Å².